The summed E-state index contributed by atoms with van der Waals surface area (Å²) in [4.78, 5) is 26.7. The first-order chi connectivity index (χ1) is 11.1. The number of hydrogen-bond acceptors (Lipinski definition) is 3. The van der Waals surface area contributed by atoms with Crippen LogP contribution in [-0.2, 0) is 11.3 Å². The lowest BCUT2D eigenvalue weighted by Crippen LogP contribution is -2.52. The summed E-state index contributed by atoms with van der Waals surface area (Å²) in [6.45, 7) is 0.255. The van der Waals surface area contributed by atoms with E-state index in [9.17, 15) is 14.7 Å². The minimum absolute atomic E-state index is 0.0284. The average molecular weight is 318 g/mol. The largest absolute Gasteiger partial charge is 0.465 e. The van der Waals surface area contributed by atoms with Gasteiger partial charge in [-0.25, -0.2) is 9.59 Å². The van der Waals surface area contributed by atoms with Crippen molar-refractivity contribution in [1.82, 2.24) is 9.80 Å². The molecule has 0 aromatic heterocycles. The fraction of sp³-hybridized carbons (Fsp3) is 0.529. The SMILES string of the molecule is CN(C(=O)OCc1ccccc1)C1C[C@H]2CC[C@@H](C1)N2C(=O)O. The summed E-state index contributed by atoms with van der Waals surface area (Å²) < 4.78 is 5.37. The number of carbonyl (C=O) groups excluding carboxylic acids is 1. The molecule has 0 spiro atoms. The first-order valence-electron chi connectivity index (χ1n) is 8.01. The van der Waals surface area contributed by atoms with Crippen molar-refractivity contribution in [3.63, 3.8) is 0 Å². The fourth-order valence-electron chi connectivity index (χ4n) is 3.75. The molecule has 6 nitrogen and oxygen atoms in total. The summed E-state index contributed by atoms with van der Waals surface area (Å²) in [5.74, 6) is 0. The van der Waals surface area contributed by atoms with Gasteiger partial charge in [-0.1, -0.05) is 30.3 Å². The zero-order valence-electron chi connectivity index (χ0n) is 13.2. The monoisotopic (exact) mass is 318 g/mol. The molecule has 2 fully saturated rings. The van der Waals surface area contributed by atoms with E-state index < -0.39 is 6.09 Å². The number of ether oxygens (including phenoxy) is 1. The summed E-state index contributed by atoms with van der Waals surface area (Å²) in [6.07, 6.45) is 1.98. The van der Waals surface area contributed by atoms with Crippen LogP contribution in [0.2, 0.25) is 0 Å². The van der Waals surface area contributed by atoms with Crippen LogP contribution in [0.15, 0.2) is 30.3 Å². The first kappa shape index (κ1) is 15.6. The summed E-state index contributed by atoms with van der Waals surface area (Å²) in [5.41, 5.74) is 0.954. The van der Waals surface area contributed by atoms with E-state index in [2.05, 4.69) is 0 Å². The van der Waals surface area contributed by atoms with Crippen LogP contribution in [0.5, 0.6) is 0 Å². The van der Waals surface area contributed by atoms with Gasteiger partial charge in [-0.05, 0) is 31.2 Å². The van der Waals surface area contributed by atoms with E-state index in [0.717, 1.165) is 18.4 Å². The predicted octanol–water partition coefficient (Wildman–Crippen LogP) is 2.93. The molecule has 1 aromatic carbocycles. The van der Waals surface area contributed by atoms with E-state index in [1.54, 1.807) is 16.8 Å². The molecule has 2 heterocycles. The van der Waals surface area contributed by atoms with Gasteiger partial charge in [0.2, 0.25) is 0 Å². The van der Waals surface area contributed by atoms with Gasteiger partial charge in [0.05, 0.1) is 0 Å². The molecular formula is C17H22N2O4. The van der Waals surface area contributed by atoms with E-state index in [-0.39, 0.29) is 30.8 Å². The Kier molecular flexibility index (Phi) is 4.41. The van der Waals surface area contributed by atoms with Crippen molar-refractivity contribution in [3.8, 4) is 0 Å². The molecule has 6 heteroatoms. The van der Waals surface area contributed by atoms with Crippen molar-refractivity contribution in [2.75, 3.05) is 7.05 Å². The van der Waals surface area contributed by atoms with Crippen LogP contribution < -0.4 is 0 Å². The lowest BCUT2D eigenvalue weighted by molar-refractivity contribution is 0.0501. The molecular weight excluding hydrogens is 296 g/mol. The molecule has 0 aliphatic carbocycles. The Hall–Kier alpha value is -2.24. The highest BCUT2D eigenvalue weighted by atomic mass is 16.6. The molecule has 2 aliphatic heterocycles. The Morgan fingerprint density at radius 2 is 1.83 bits per heavy atom. The molecule has 2 saturated heterocycles. The van der Waals surface area contributed by atoms with Crippen LogP contribution in [0.3, 0.4) is 0 Å². The number of piperidine rings is 1. The number of benzene rings is 1. The van der Waals surface area contributed by atoms with Gasteiger partial charge >= 0.3 is 12.2 Å². The second-order valence-corrected chi connectivity index (χ2v) is 6.35. The number of hydrogen-bond donors (Lipinski definition) is 1. The molecule has 1 N–H and O–H groups in total. The van der Waals surface area contributed by atoms with Crippen molar-refractivity contribution in [1.29, 1.82) is 0 Å². The minimum atomic E-state index is -0.842. The number of carboxylic acid groups (broad SMARTS) is 1. The highest BCUT2D eigenvalue weighted by Crippen LogP contribution is 2.37. The van der Waals surface area contributed by atoms with Gasteiger partial charge < -0.3 is 19.6 Å². The summed E-state index contributed by atoms with van der Waals surface area (Å²) >= 11 is 0. The van der Waals surface area contributed by atoms with Crippen molar-refractivity contribution in [2.45, 2.75) is 50.4 Å². The zero-order valence-corrected chi connectivity index (χ0v) is 13.2. The summed E-state index contributed by atoms with van der Waals surface area (Å²) in [6, 6.07) is 9.67. The Labute approximate surface area is 135 Å². The van der Waals surface area contributed by atoms with Gasteiger partial charge in [-0.3, -0.25) is 0 Å². The summed E-state index contributed by atoms with van der Waals surface area (Å²) in [5, 5.41) is 9.28. The van der Waals surface area contributed by atoms with Crippen molar-refractivity contribution in [3.05, 3.63) is 35.9 Å². The molecule has 1 aromatic rings. The fourth-order valence-corrected chi connectivity index (χ4v) is 3.75. The van der Waals surface area contributed by atoms with Gasteiger partial charge in [-0.2, -0.15) is 0 Å². The molecule has 124 valence electrons. The Bertz CT molecular complexity index is 563. The lowest BCUT2D eigenvalue weighted by Gasteiger charge is -2.40. The zero-order chi connectivity index (χ0) is 16.4. The van der Waals surface area contributed by atoms with Crippen molar-refractivity contribution < 1.29 is 19.4 Å². The lowest BCUT2D eigenvalue weighted by atomic mass is 9.97. The van der Waals surface area contributed by atoms with Crippen LogP contribution in [0.25, 0.3) is 0 Å². The first-order valence-corrected chi connectivity index (χ1v) is 8.01. The Balaban J connectivity index is 1.55. The standard InChI is InChI=1S/C17H22N2O4/c1-18(17(22)23-11-12-5-3-2-4-6-12)15-9-13-7-8-14(10-15)19(13)16(20)21/h2-6,13-15H,7-11H2,1H3,(H,20,21)/t13-,14+,15?. The molecule has 3 atom stereocenters. The van der Waals surface area contributed by atoms with Crippen LogP contribution >= 0.6 is 0 Å². The van der Waals surface area contributed by atoms with Gasteiger partial charge in [-0.15, -0.1) is 0 Å². The van der Waals surface area contributed by atoms with Crippen LogP contribution in [-0.4, -0.2) is 52.3 Å². The molecule has 0 radical (unpaired) electrons. The smallest absolute Gasteiger partial charge is 0.410 e. The number of nitrogens with zero attached hydrogens (tertiary/aromatic N) is 2. The van der Waals surface area contributed by atoms with E-state index in [1.807, 2.05) is 30.3 Å². The topological polar surface area (TPSA) is 70.1 Å². The number of fused-ring (bicyclic) bond motifs is 2. The van der Waals surface area contributed by atoms with Crippen LogP contribution in [0.1, 0.15) is 31.2 Å². The second kappa shape index (κ2) is 6.48. The molecule has 0 saturated carbocycles. The normalized spacial score (nSPS) is 26.0. The maximum atomic E-state index is 12.2. The molecule has 2 amide bonds. The van der Waals surface area contributed by atoms with Crippen molar-refractivity contribution in [2.24, 2.45) is 0 Å². The Morgan fingerprint density at radius 1 is 1.22 bits per heavy atom. The Morgan fingerprint density at radius 3 is 2.39 bits per heavy atom. The van der Waals surface area contributed by atoms with Crippen molar-refractivity contribution >= 4 is 12.2 Å². The van der Waals surface area contributed by atoms with Crippen LogP contribution in [0, 0.1) is 0 Å². The van der Waals surface area contributed by atoms with E-state index >= 15 is 0 Å². The number of rotatable bonds is 3. The highest BCUT2D eigenvalue weighted by Gasteiger charge is 2.45. The molecule has 1 unspecified atom stereocenters. The van der Waals surface area contributed by atoms with Gasteiger partial charge in [0.15, 0.2) is 0 Å². The molecule has 2 bridgehead atoms. The highest BCUT2D eigenvalue weighted by molar-refractivity contribution is 5.68. The van der Waals surface area contributed by atoms with Gasteiger partial charge in [0.1, 0.15) is 6.61 Å². The van der Waals surface area contributed by atoms with Gasteiger partial charge in [0.25, 0.3) is 0 Å². The van der Waals surface area contributed by atoms with E-state index in [1.165, 1.54) is 0 Å². The average Bonchev–Trinajstić information content (AvgIpc) is 2.83. The predicted molar refractivity (Wildman–Crippen MR) is 84.1 cm³/mol. The third-order valence-corrected chi connectivity index (χ3v) is 4.97. The number of carbonyl (C=O) groups is 2. The quantitative estimate of drug-likeness (QED) is 0.930. The molecule has 2 aliphatic rings. The minimum Gasteiger partial charge on any atom is -0.465 e. The third kappa shape index (κ3) is 3.25. The maximum Gasteiger partial charge on any atom is 0.410 e. The van der Waals surface area contributed by atoms with Gasteiger partial charge in [0, 0.05) is 25.2 Å². The van der Waals surface area contributed by atoms with E-state index in [0.29, 0.717) is 12.8 Å². The van der Waals surface area contributed by atoms with E-state index in [4.69, 9.17) is 4.74 Å². The summed E-state index contributed by atoms with van der Waals surface area (Å²) in [7, 11) is 1.74. The molecule has 3 rings (SSSR count). The van der Waals surface area contributed by atoms with Crippen LogP contribution in [0.4, 0.5) is 9.59 Å². The number of amides is 2. The third-order valence-electron chi connectivity index (χ3n) is 4.97. The second-order valence-electron chi connectivity index (χ2n) is 6.35. The molecule has 23 heavy (non-hydrogen) atoms. The maximum absolute atomic E-state index is 12.2.